The van der Waals surface area contributed by atoms with Crippen LogP contribution in [0.1, 0.15) is 37.1 Å². The smallest absolute Gasteiger partial charge is 0.136 e. The van der Waals surface area contributed by atoms with Gasteiger partial charge in [0.25, 0.3) is 0 Å². The zero-order chi connectivity index (χ0) is 9.10. The summed E-state index contributed by atoms with van der Waals surface area (Å²) in [7, 11) is 0. The fraction of sp³-hybridized carbons (Fsp3) is 0.700. The Balaban J connectivity index is 2.05. The van der Waals surface area contributed by atoms with Crippen molar-refractivity contribution in [3.05, 3.63) is 17.5 Å². The molecule has 2 rings (SSSR count). The van der Waals surface area contributed by atoms with Crippen LogP contribution in [-0.4, -0.2) is 18.2 Å². The van der Waals surface area contributed by atoms with Gasteiger partial charge >= 0.3 is 0 Å². The van der Waals surface area contributed by atoms with Gasteiger partial charge in [-0.1, -0.05) is 12.1 Å². The molecule has 2 heterocycles. The second-order valence-corrected chi connectivity index (χ2v) is 3.61. The predicted octanol–water partition coefficient (Wildman–Crippen LogP) is 1.70. The highest BCUT2D eigenvalue weighted by Gasteiger charge is 2.18. The van der Waals surface area contributed by atoms with Gasteiger partial charge in [0, 0.05) is 24.9 Å². The molecule has 13 heavy (non-hydrogen) atoms. The Labute approximate surface area is 78.5 Å². The number of hydrogen-bond donors (Lipinski definition) is 1. The summed E-state index contributed by atoms with van der Waals surface area (Å²) in [4.78, 5) is 0. The molecule has 0 amide bonds. The standard InChI is InChI=1S/C10H16N2O/c1-2-9-6-10(12-13-9)8-4-3-5-11-7-8/h6,8,11H,2-5,7H2,1H3. The van der Waals surface area contributed by atoms with Crippen molar-refractivity contribution in [2.45, 2.75) is 32.1 Å². The van der Waals surface area contributed by atoms with Gasteiger partial charge in [-0.05, 0) is 19.4 Å². The average molecular weight is 180 g/mol. The highest BCUT2D eigenvalue weighted by atomic mass is 16.5. The molecule has 1 aliphatic heterocycles. The van der Waals surface area contributed by atoms with Crippen molar-refractivity contribution in [1.82, 2.24) is 10.5 Å². The van der Waals surface area contributed by atoms with E-state index in [0.717, 1.165) is 31.0 Å². The van der Waals surface area contributed by atoms with E-state index in [1.807, 2.05) is 0 Å². The molecule has 1 atom stereocenters. The van der Waals surface area contributed by atoms with Crippen molar-refractivity contribution >= 4 is 0 Å². The van der Waals surface area contributed by atoms with Crippen LogP contribution in [0.15, 0.2) is 10.6 Å². The molecule has 3 nitrogen and oxygen atoms in total. The van der Waals surface area contributed by atoms with Gasteiger partial charge in [-0.15, -0.1) is 0 Å². The monoisotopic (exact) mass is 180 g/mol. The molecule has 0 bridgehead atoms. The second kappa shape index (κ2) is 3.92. The number of hydrogen-bond acceptors (Lipinski definition) is 3. The quantitative estimate of drug-likeness (QED) is 0.752. The fourth-order valence-corrected chi connectivity index (χ4v) is 1.79. The number of aromatic nitrogens is 1. The van der Waals surface area contributed by atoms with E-state index in [1.165, 1.54) is 12.8 Å². The van der Waals surface area contributed by atoms with Crippen molar-refractivity contribution < 1.29 is 4.52 Å². The van der Waals surface area contributed by atoms with Crippen LogP contribution in [0.3, 0.4) is 0 Å². The van der Waals surface area contributed by atoms with E-state index in [2.05, 4.69) is 23.5 Å². The Morgan fingerprint density at radius 1 is 1.69 bits per heavy atom. The molecule has 1 N–H and O–H groups in total. The largest absolute Gasteiger partial charge is 0.361 e. The second-order valence-electron chi connectivity index (χ2n) is 3.61. The van der Waals surface area contributed by atoms with Gasteiger partial charge in [-0.25, -0.2) is 0 Å². The maximum absolute atomic E-state index is 5.19. The summed E-state index contributed by atoms with van der Waals surface area (Å²) in [5, 5.41) is 7.47. The van der Waals surface area contributed by atoms with Crippen LogP contribution in [0.5, 0.6) is 0 Å². The lowest BCUT2D eigenvalue weighted by atomic mass is 9.96. The van der Waals surface area contributed by atoms with Gasteiger partial charge in [-0.2, -0.15) is 0 Å². The summed E-state index contributed by atoms with van der Waals surface area (Å²) in [6, 6.07) is 2.09. The Morgan fingerprint density at radius 2 is 2.62 bits per heavy atom. The van der Waals surface area contributed by atoms with Crippen LogP contribution < -0.4 is 5.32 Å². The third-order valence-electron chi connectivity index (χ3n) is 2.64. The lowest BCUT2D eigenvalue weighted by molar-refractivity contribution is 0.365. The van der Waals surface area contributed by atoms with Gasteiger partial charge in [0.2, 0.25) is 0 Å². The Morgan fingerprint density at radius 3 is 3.23 bits per heavy atom. The molecule has 1 unspecified atom stereocenters. The van der Waals surface area contributed by atoms with Gasteiger partial charge in [0.15, 0.2) is 0 Å². The maximum Gasteiger partial charge on any atom is 0.136 e. The first kappa shape index (κ1) is 8.75. The number of aryl methyl sites for hydroxylation is 1. The van der Waals surface area contributed by atoms with Crippen LogP contribution >= 0.6 is 0 Å². The molecule has 1 fully saturated rings. The molecule has 1 saturated heterocycles. The summed E-state index contributed by atoms with van der Waals surface area (Å²) in [6.45, 7) is 4.29. The zero-order valence-electron chi connectivity index (χ0n) is 8.05. The first-order valence-corrected chi connectivity index (χ1v) is 5.06. The summed E-state index contributed by atoms with van der Waals surface area (Å²) in [5.41, 5.74) is 1.13. The van der Waals surface area contributed by atoms with Crippen LogP contribution in [0, 0.1) is 0 Å². The summed E-state index contributed by atoms with van der Waals surface area (Å²) >= 11 is 0. The van der Waals surface area contributed by atoms with E-state index in [1.54, 1.807) is 0 Å². The van der Waals surface area contributed by atoms with Gasteiger partial charge in [0.05, 0.1) is 5.69 Å². The highest BCUT2D eigenvalue weighted by Crippen LogP contribution is 2.22. The molecular weight excluding hydrogens is 164 g/mol. The summed E-state index contributed by atoms with van der Waals surface area (Å²) in [5.74, 6) is 1.57. The molecule has 1 aliphatic rings. The minimum atomic E-state index is 0.567. The van der Waals surface area contributed by atoms with Crippen molar-refractivity contribution in [2.75, 3.05) is 13.1 Å². The van der Waals surface area contributed by atoms with Crippen LogP contribution in [0.25, 0.3) is 0 Å². The highest BCUT2D eigenvalue weighted by molar-refractivity contribution is 5.11. The predicted molar refractivity (Wildman–Crippen MR) is 50.7 cm³/mol. The lowest BCUT2D eigenvalue weighted by Crippen LogP contribution is -2.28. The SMILES string of the molecule is CCc1cc(C2CCCNC2)no1. The van der Waals surface area contributed by atoms with Crippen molar-refractivity contribution in [1.29, 1.82) is 0 Å². The van der Waals surface area contributed by atoms with E-state index >= 15 is 0 Å². The Hall–Kier alpha value is -0.830. The molecular formula is C10H16N2O. The molecule has 0 spiro atoms. The number of nitrogens with zero attached hydrogens (tertiary/aromatic N) is 1. The Bertz CT molecular complexity index is 264. The molecule has 0 aliphatic carbocycles. The average Bonchev–Trinajstić information content (AvgIpc) is 2.67. The molecule has 0 saturated carbocycles. The van der Waals surface area contributed by atoms with Gasteiger partial charge in [0.1, 0.15) is 5.76 Å². The van der Waals surface area contributed by atoms with E-state index in [9.17, 15) is 0 Å². The minimum Gasteiger partial charge on any atom is -0.361 e. The maximum atomic E-state index is 5.19. The van der Waals surface area contributed by atoms with E-state index in [4.69, 9.17) is 4.52 Å². The molecule has 0 aromatic carbocycles. The van der Waals surface area contributed by atoms with Crippen LogP contribution in [-0.2, 0) is 6.42 Å². The summed E-state index contributed by atoms with van der Waals surface area (Å²) in [6.07, 6.45) is 3.43. The number of rotatable bonds is 2. The van der Waals surface area contributed by atoms with E-state index in [0.29, 0.717) is 5.92 Å². The molecule has 1 aromatic rings. The van der Waals surface area contributed by atoms with Crippen molar-refractivity contribution in [3.8, 4) is 0 Å². The van der Waals surface area contributed by atoms with Crippen molar-refractivity contribution in [2.24, 2.45) is 0 Å². The van der Waals surface area contributed by atoms with Crippen LogP contribution in [0.4, 0.5) is 0 Å². The van der Waals surface area contributed by atoms with Gasteiger partial charge < -0.3 is 9.84 Å². The first-order chi connectivity index (χ1) is 6.40. The zero-order valence-corrected chi connectivity index (χ0v) is 8.05. The summed E-state index contributed by atoms with van der Waals surface area (Å²) < 4.78 is 5.19. The van der Waals surface area contributed by atoms with Crippen LogP contribution in [0.2, 0.25) is 0 Å². The third-order valence-corrected chi connectivity index (χ3v) is 2.64. The van der Waals surface area contributed by atoms with Gasteiger partial charge in [-0.3, -0.25) is 0 Å². The fourth-order valence-electron chi connectivity index (χ4n) is 1.79. The number of nitrogens with one attached hydrogen (secondary N) is 1. The molecule has 1 aromatic heterocycles. The normalized spacial score (nSPS) is 23.3. The molecule has 0 radical (unpaired) electrons. The molecule has 3 heteroatoms. The van der Waals surface area contributed by atoms with E-state index < -0.39 is 0 Å². The molecule has 72 valence electrons. The topological polar surface area (TPSA) is 38.1 Å². The Kier molecular flexibility index (Phi) is 2.64. The lowest BCUT2D eigenvalue weighted by Gasteiger charge is -2.20. The third kappa shape index (κ3) is 1.91. The first-order valence-electron chi connectivity index (χ1n) is 5.06. The minimum absolute atomic E-state index is 0.567. The van der Waals surface area contributed by atoms with E-state index in [-0.39, 0.29) is 0 Å². The van der Waals surface area contributed by atoms with Crippen molar-refractivity contribution in [3.63, 3.8) is 0 Å². The number of piperidine rings is 1.